The van der Waals surface area contributed by atoms with Crippen LogP contribution >= 0.6 is 0 Å². The van der Waals surface area contributed by atoms with Crippen LogP contribution in [0, 0.1) is 0 Å². The number of fused-ring (bicyclic) bond motifs is 4. The molecule has 127 heavy (non-hydrogen) atoms. The maximum atomic E-state index is 11.9. The SMILES string of the molecule is CC(C)(C)OC(=O)NCCOCCOc1cc2cc(c1)OCCOCCOCCOCCOc1ccc(cc1)-c1ccc3ccc4ccc(nc4c3n1)-c1ccc(cc1)OCC/C=C/CCO2.NCCOCCOc1cc2cc(c1)OCCOCCOCCOCCOc1ccc(cc1)-c1ccc3ccc4ccc(nc4c3n1)-c1ccc(cc1)OCC/C=C/CCO2. The number of nitrogens with zero attached hydrogens (tertiary/aromatic N) is 4. The molecule has 0 aliphatic carbocycles. The van der Waals surface area contributed by atoms with Crippen molar-refractivity contribution in [3.05, 3.63) is 231 Å². The molecule has 1 amide bonds. The quantitative estimate of drug-likeness (QED) is 0.0616. The fourth-order valence-electron chi connectivity index (χ4n) is 13.3. The van der Waals surface area contributed by atoms with Gasteiger partial charge in [0.2, 0.25) is 0 Å². The molecule has 6 aliphatic heterocycles. The Balaban J connectivity index is 0.000000219. The Labute approximate surface area is 741 Å². The van der Waals surface area contributed by atoms with E-state index in [4.69, 9.17) is 116 Å². The second-order valence-electron chi connectivity index (χ2n) is 30.3. The lowest BCUT2D eigenvalue weighted by Crippen LogP contribution is -2.34. The molecule has 0 atom stereocenters. The number of nitrogens with two attached hydrogens (primary N) is 1. The summed E-state index contributed by atoms with van der Waals surface area (Å²) in [4.78, 5) is 32.3. The van der Waals surface area contributed by atoms with Crippen molar-refractivity contribution in [2.24, 2.45) is 5.73 Å². The highest BCUT2D eigenvalue weighted by molar-refractivity contribution is 6.05. The number of hydrogen-bond donors (Lipinski definition) is 2. The first-order chi connectivity index (χ1) is 62.5. The number of carbonyl (C=O) groups excluding carboxylic acids is 1. The second kappa shape index (κ2) is 50.8. The van der Waals surface area contributed by atoms with Crippen LogP contribution in [0.2, 0.25) is 0 Å². The molecule has 12 aromatic rings. The second-order valence-corrected chi connectivity index (χ2v) is 30.3. The molecule has 6 aliphatic rings. The fourth-order valence-corrected chi connectivity index (χ4v) is 13.3. The molecular formula is C101H114N6O20. The molecule has 0 saturated heterocycles. The molecule has 0 fully saturated rings. The summed E-state index contributed by atoms with van der Waals surface area (Å²) in [6, 6.07) is 67.9. The van der Waals surface area contributed by atoms with E-state index in [9.17, 15) is 4.79 Å². The van der Waals surface area contributed by atoms with E-state index in [0.717, 1.165) is 131 Å². The van der Waals surface area contributed by atoms with Crippen LogP contribution in [-0.4, -0.2) is 216 Å². The van der Waals surface area contributed by atoms with Crippen LogP contribution < -0.4 is 58.4 Å². The Morgan fingerprint density at radius 1 is 0.307 bits per heavy atom. The molecule has 0 spiro atoms. The third kappa shape index (κ3) is 31.1. The molecule has 3 N–H and O–H groups in total. The molecule has 4 aromatic heterocycles. The first-order valence-electron chi connectivity index (χ1n) is 43.5. The van der Waals surface area contributed by atoms with Gasteiger partial charge in [-0.2, -0.15) is 0 Å². The van der Waals surface area contributed by atoms with E-state index < -0.39 is 11.7 Å². The third-order valence-electron chi connectivity index (χ3n) is 19.5. The molecule has 26 nitrogen and oxygen atoms in total. The van der Waals surface area contributed by atoms with Gasteiger partial charge in [-0.15, -0.1) is 0 Å². The van der Waals surface area contributed by atoms with E-state index in [-0.39, 0.29) is 0 Å². The van der Waals surface area contributed by atoms with Crippen LogP contribution in [0.15, 0.2) is 231 Å². The number of carbonyl (C=O) groups is 1. The minimum atomic E-state index is -0.561. The van der Waals surface area contributed by atoms with Gasteiger partial charge in [0.1, 0.15) is 103 Å². The highest BCUT2D eigenvalue weighted by Crippen LogP contribution is 2.35. The molecule has 0 saturated carbocycles. The van der Waals surface area contributed by atoms with Crippen molar-refractivity contribution < 1.29 is 94.8 Å². The van der Waals surface area contributed by atoms with Gasteiger partial charge >= 0.3 is 6.09 Å². The predicted octanol–water partition coefficient (Wildman–Crippen LogP) is 17.7. The smallest absolute Gasteiger partial charge is 0.407 e. The van der Waals surface area contributed by atoms with Crippen LogP contribution in [-0.2, 0) is 42.6 Å². The summed E-state index contributed by atoms with van der Waals surface area (Å²) in [5, 5.41) is 6.79. The largest absolute Gasteiger partial charge is 0.493 e. The summed E-state index contributed by atoms with van der Waals surface area (Å²) >= 11 is 0. The Morgan fingerprint density at radius 3 is 0.858 bits per heavy atom. The van der Waals surface area contributed by atoms with Crippen LogP contribution in [0.25, 0.3) is 88.6 Å². The average molecular weight is 1730 g/mol. The van der Waals surface area contributed by atoms with Crippen LogP contribution in [0.1, 0.15) is 46.5 Å². The Hall–Kier alpha value is -12.2. The molecule has 26 heteroatoms. The van der Waals surface area contributed by atoms with E-state index >= 15 is 0 Å². The Morgan fingerprint density at radius 2 is 0.567 bits per heavy atom. The lowest BCUT2D eigenvalue weighted by molar-refractivity contribution is 0.00497. The van der Waals surface area contributed by atoms with Gasteiger partial charge in [-0.3, -0.25) is 0 Å². The number of hydrogen-bond acceptors (Lipinski definition) is 25. The van der Waals surface area contributed by atoms with Crippen molar-refractivity contribution in [3.63, 3.8) is 0 Å². The standard InChI is InChI=1S/C53H61N3O11.C48H53N3O9/c1-53(2,3)67-52(57)54-22-25-58-30-34-65-46-36-45-37-47(38-46)66-35-32-61-29-27-59-26-28-60-31-33-64-44-18-12-40(13-19-44)49-21-15-42-9-8-41-14-20-48(55-50(41)51(42)56-49)39-10-16-43(17-11-39)62-23-6-4-5-7-24-63-45;49-19-22-52-27-31-59-43-33-42-34-44(35-43)60-32-29-55-26-24-53-23-25-54-28-30-58-41-15-9-37(10-16-41)46-18-12-39-6-5-38-11-17-45(50-47(38)48(39)51-46)36-7-13-40(14-8-36)56-20-3-1-2-4-21-57-42/h4-5,8-21,36-38H,6-7,22-35H2,1-3H3,(H,54,57);1-2,5-18,33-35H,3-4,19-32,49H2/b5-4+;2-1+. The summed E-state index contributed by atoms with van der Waals surface area (Å²) in [6.45, 7) is 17.3. The minimum Gasteiger partial charge on any atom is -0.493 e. The monoisotopic (exact) mass is 1730 g/mol. The van der Waals surface area contributed by atoms with Gasteiger partial charge < -0.3 is 101 Å². The van der Waals surface area contributed by atoms with Gasteiger partial charge in [0.25, 0.3) is 0 Å². The number of nitrogens with one attached hydrogen (secondary N) is 1. The van der Waals surface area contributed by atoms with Gasteiger partial charge in [-0.05, 0) is 168 Å². The van der Waals surface area contributed by atoms with Gasteiger partial charge in [0.05, 0.1) is 177 Å². The van der Waals surface area contributed by atoms with Crippen LogP contribution in [0.3, 0.4) is 0 Å². The molecular weight excluding hydrogens is 1620 g/mol. The third-order valence-corrected chi connectivity index (χ3v) is 19.5. The van der Waals surface area contributed by atoms with Crippen molar-refractivity contribution in [1.29, 1.82) is 0 Å². The molecule has 20 bridgehead atoms. The zero-order chi connectivity index (χ0) is 87.6. The van der Waals surface area contributed by atoms with Crippen LogP contribution in [0.5, 0.6) is 57.5 Å². The summed E-state index contributed by atoms with van der Waals surface area (Å²) < 4.78 is 111. The topological polar surface area (TPSA) is 282 Å². The number of ether oxygens (including phenoxy) is 19. The maximum Gasteiger partial charge on any atom is 0.407 e. The first kappa shape index (κ1) is 92.5. The number of alkyl carbamates (subject to hydrolysis) is 1. The highest BCUT2D eigenvalue weighted by atomic mass is 16.6. The Kier molecular flexibility index (Phi) is 37.0. The van der Waals surface area contributed by atoms with E-state index in [0.29, 0.717) is 226 Å². The van der Waals surface area contributed by atoms with Gasteiger partial charge in [-0.1, -0.05) is 72.8 Å². The van der Waals surface area contributed by atoms with E-state index in [1.54, 1.807) is 6.07 Å². The molecule has 668 valence electrons. The summed E-state index contributed by atoms with van der Waals surface area (Å²) in [7, 11) is 0. The van der Waals surface area contributed by atoms with Crippen LogP contribution in [0.4, 0.5) is 4.79 Å². The predicted molar refractivity (Wildman–Crippen MR) is 490 cm³/mol. The van der Waals surface area contributed by atoms with Crippen molar-refractivity contribution in [1.82, 2.24) is 25.3 Å². The fraction of sp³-hybridized carbons (Fsp3) is 0.356. The molecule has 10 heterocycles. The Bertz CT molecular complexity index is 5410. The average Bonchev–Trinajstić information content (AvgIpc) is 0.774. The van der Waals surface area contributed by atoms with Crippen molar-refractivity contribution in [2.45, 2.75) is 52.1 Å². The molecule has 0 radical (unpaired) electrons. The lowest BCUT2D eigenvalue weighted by atomic mass is 10.1. The van der Waals surface area contributed by atoms with Gasteiger partial charge in [0, 0.05) is 93.3 Å². The van der Waals surface area contributed by atoms with Crippen molar-refractivity contribution in [3.8, 4) is 103 Å². The number of pyridine rings is 4. The summed E-state index contributed by atoms with van der Waals surface area (Å²) in [5.74, 6) is 6.80. The highest BCUT2D eigenvalue weighted by Gasteiger charge is 2.18. The molecule has 18 rings (SSSR count). The first-order valence-corrected chi connectivity index (χ1v) is 43.5. The van der Waals surface area contributed by atoms with Gasteiger partial charge in [-0.25, -0.2) is 24.7 Å². The number of benzene rings is 8. The summed E-state index contributed by atoms with van der Waals surface area (Å²) in [6.07, 6.45) is 10.9. The van der Waals surface area contributed by atoms with E-state index in [2.05, 4.69) is 78.2 Å². The zero-order valence-corrected chi connectivity index (χ0v) is 72.6. The number of aromatic nitrogens is 4. The molecule has 8 aromatic carbocycles. The zero-order valence-electron chi connectivity index (χ0n) is 72.6. The van der Waals surface area contributed by atoms with E-state index in [1.165, 1.54) is 0 Å². The van der Waals surface area contributed by atoms with Crippen molar-refractivity contribution >= 4 is 49.7 Å². The normalized spacial score (nSPS) is 15.6. The maximum absolute atomic E-state index is 11.9. The number of rotatable bonds is 13. The van der Waals surface area contributed by atoms with Gasteiger partial charge in [0.15, 0.2) is 0 Å². The minimum absolute atomic E-state index is 0.290. The summed E-state index contributed by atoms with van der Waals surface area (Å²) in [5.41, 5.74) is 15.8. The number of amides is 1. The van der Waals surface area contributed by atoms with E-state index in [1.807, 2.05) is 172 Å². The molecule has 0 unspecified atom stereocenters. The lowest BCUT2D eigenvalue weighted by Gasteiger charge is -2.19. The van der Waals surface area contributed by atoms with Crippen molar-refractivity contribution in [2.75, 3.05) is 185 Å².